The van der Waals surface area contributed by atoms with E-state index >= 15 is 0 Å². The number of halogens is 1. The lowest BCUT2D eigenvalue weighted by Crippen LogP contribution is -2.15. The first kappa shape index (κ1) is 22.1. The van der Waals surface area contributed by atoms with Crippen LogP contribution in [0.25, 0.3) is 11.1 Å². The Morgan fingerprint density at radius 3 is 2.71 bits per heavy atom. The van der Waals surface area contributed by atoms with E-state index in [0.29, 0.717) is 17.3 Å². The van der Waals surface area contributed by atoms with Gasteiger partial charge < -0.3 is 15.3 Å². The van der Waals surface area contributed by atoms with E-state index in [9.17, 15) is 9.18 Å². The number of aromatic nitrogens is 3. The molecule has 1 amide bonds. The zero-order chi connectivity index (χ0) is 22.4. The molecule has 1 aliphatic rings. The van der Waals surface area contributed by atoms with Crippen LogP contribution in [-0.4, -0.2) is 51.2 Å². The number of carbonyl (C=O) groups excluding carboxylic acids is 1. The number of hydrogen-bond donors (Lipinski definition) is 2. The van der Waals surface area contributed by atoms with Crippen molar-refractivity contribution < 1.29 is 19.1 Å². The number of anilines is 1. The van der Waals surface area contributed by atoms with Crippen LogP contribution in [-0.2, 0) is 11.3 Å². The Bertz CT molecular complexity index is 1060. The van der Waals surface area contributed by atoms with Gasteiger partial charge in [0.05, 0.1) is 23.5 Å². The van der Waals surface area contributed by atoms with Crippen molar-refractivity contribution in [2.75, 3.05) is 19.4 Å². The third-order valence-electron chi connectivity index (χ3n) is 4.68. The molecular formula is C22H24FN5O3. The van der Waals surface area contributed by atoms with Gasteiger partial charge in [-0.1, -0.05) is 24.3 Å². The number of benzene rings is 1. The van der Waals surface area contributed by atoms with E-state index in [1.165, 1.54) is 6.20 Å². The second-order valence-electron chi connectivity index (χ2n) is 7.46. The fraction of sp³-hybridized carbons (Fsp3) is 0.273. The highest BCUT2D eigenvalue weighted by Gasteiger charge is 2.24. The van der Waals surface area contributed by atoms with Crippen molar-refractivity contribution in [3.05, 3.63) is 66.0 Å². The summed E-state index contributed by atoms with van der Waals surface area (Å²) in [6.07, 6.45) is 7.02. The van der Waals surface area contributed by atoms with Gasteiger partial charge in [-0.15, -0.1) is 0 Å². The number of carboxylic acid groups (broad SMARTS) is 1. The van der Waals surface area contributed by atoms with E-state index in [1.54, 1.807) is 18.5 Å². The molecule has 0 saturated heterocycles. The average molecular weight is 425 g/mol. The molecule has 1 aromatic carbocycles. The maximum Gasteiger partial charge on any atom is 0.290 e. The summed E-state index contributed by atoms with van der Waals surface area (Å²) in [5.41, 5.74) is 3.18. The summed E-state index contributed by atoms with van der Waals surface area (Å²) in [6.45, 7) is 0.482. The van der Waals surface area contributed by atoms with Gasteiger partial charge in [-0.05, 0) is 44.1 Å². The minimum Gasteiger partial charge on any atom is -0.483 e. The summed E-state index contributed by atoms with van der Waals surface area (Å²) in [5, 5.41) is 13.8. The van der Waals surface area contributed by atoms with Crippen LogP contribution in [0.5, 0.6) is 0 Å². The largest absolute Gasteiger partial charge is 0.483 e. The molecule has 0 spiro atoms. The zero-order valence-corrected chi connectivity index (χ0v) is 17.3. The summed E-state index contributed by atoms with van der Waals surface area (Å²) in [6, 6.07) is 9.83. The van der Waals surface area contributed by atoms with E-state index in [1.807, 2.05) is 43.0 Å². The predicted octanol–water partition coefficient (Wildman–Crippen LogP) is 3.43. The minimum atomic E-state index is -0.791. The summed E-state index contributed by atoms with van der Waals surface area (Å²) >= 11 is 0. The van der Waals surface area contributed by atoms with E-state index < -0.39 is 11.9 Å². The fourth-order valence-corrected chi connectivity index (χ4v) is 3.17. The van der Waals surface area contributed by atoms with Gasteiger partial charge in [-0.3, -0.25) is 14.3 Å². The van der Waals surface area contributed by atoms with Crippen LogP contribution in [0.1, 0.15) is 34.8 Å². The van der Waals surface area contributed by atoms with Crippen molar-refractivity contribution in [1.82, 2.24) is 19.7 Å². The molecule has 3 aromatic rings. The first-order chi connectivity index (χ1) is 14.9. The quantitative estimate of drug-likeness (QED) is 0.464. The Kier molecular flexibility index (Phi) is 7.09. The Morgan fingerprint density at radius 2 is 2.03 bits per heavy atom. The van der Waals surface area contributed by atoms with Crippen molar-refractivity contribution in [1.29, 1.82) is 0 Å². The van der Waals surface area contributed by atoms with Crippen molar-refractivity contribution >= 4 is 18.1 Å². The molecule has 162 valence electrons. The van der Waals surface area contributed by atoms with Crippen molar-refractivity contribution in [2.45, 2.75) is 25.4 Å². The minimum absolute atomic E-state index is 0.0867. The lowest BCUT2D eigenvalue weighted by molar-refractivity contribution is -0.122. The van der Waals surface area contributed by atoms with Crippen LogP contribution in [0.15, 0.2) is 48.9 Å². The SMILES string of the molecule is CN(C)Cc1ccccc1-c1cnc(F)c(C(=O)Nc2cnn(C3CC3)c2)c1.O=CO. The van der Waals surface area contributed by atoms with Gasteiger partial charge in [-0.2, -0.15) is 9.49 Å². The standard InChI is InChI=1S/C21H22FN5O.CH2O2/c1-26(2)12-14-5-3-4-6-18(14)15-9-19(20(22)23-10-15)21(28)25-16-11-24-27(13-16)17-7-8-17;2-1-3/h3-6,9-11,13,17H,7-8,12H2,1-2H3,(H,25,28);1H,(H,2,3). The van der Waals surface area contributed by atoms with Crippen LogP contribution in [0.2, 0.25) is 0 Å². The Morgan fingerprint density at radius 1 is 1.32 bits per heavy atom. The molecule has 9 heteroatoms. The smallest absolute Gasteiger partial charge is 0.290 e. The second kappa shape index (κ2) is 9.94. The topological polar surface area (TPSA) is 100 Å². The highest BCUT2D eigenvalue weighted by molar-refractivity contribution is 6.04. The van der Waals surface area contributed by atoms with Crippen molar-refractivity contribution in [2.24, 2.45) is 0 Å². The van der Waals surface area contributed by atoms with Crippen LogP contribution >= 0.6 is 0 Å². The molecule has 4 rings (SSSR count). The van der Waals surface area contributed by atoms with Gasteiger partial charge >= 0.3 is 0 Å². The molecule has 1 saturated carbocycles. The van der Waals surface area contributed by atoms with Gasteiger partial charge in [0.25, 0.3) is 12.4 Å². The molecule has 0 unspecified atom stereocenters. The zero-order valence-electron chi connectivity index (χ0n) is 17.3. The monoisotopic (exact) mass is 425 g/mol. The summed E-state index contributed by atoms with van der Waals surface area (Å²) < 4.78 is 16.1. The molecular weight excluding hydrogens is 401 g/mol. The van der Waals surface area contributed by atoms with E-state index in [4.69, 9.17) is 9.90 Å². The molecule has 2 N–H and O–H groups in total. The predicted molar refractivity (Wildman–Crippen MR) is 114 cm³/mol. The van der Waals surface area contributed by atoms with Gasteiger partial charge in [-0.25, -0.2) is 4.98 Å². The highest BCUT2D eigenvalue weighted by atomic mass is 19.1. The Labute approximate surface area is 179 Å². The Hall–Kier alpha value is -3.59. The Balaban J connectivity index is 0.000000858. The molecule has 0 radical (unpaired) electrons. The third kappa shape index (κ3) is 5.73. The fourth-order valence-electron chi connectivity index (χ4n) is 3.17. The maximum absolute atomic E-state index is 14.3. The molecule has 1 aliphatic carbocycles. The van der Waals surface area contributed by atoms with Crippen LogP contribution in [0.3, 0.4) is 0 Å². The molecule has 1 fully saturated rings. The number of nitrogens with one attached hydrogen (secondary N) is 1. The van der Waals surface area contributed by atoms with Gasteiger partial charge in [0.1, 0.15) is 0 Å². The number of rotatable bonds is 6. The van der Waals surface area contributed by atoms with Gasteiger partial charge in [0, 0.05) is 24.5 Å². The van der Waals surface area contributed by atoms with Crippen molar-refractivity contribution in [3.8, 4) is 11.1 Å². The van der Waals surface area contributed by atoms with Gasteiger partial charge in [0.2, 0.25) is 5.95 Å². The second-order valence-corrected chi connectivity index (χ2v) is 7.46. The molecule has 0 atom stereocenters. The molecule has 0 bridgehead atoms. The molecule has 2 heterocycles. The van der Waals surface area contributed by atoms with Crippen LogP contribution < -0.4 is 5.32 Å². The number of nitrogens with zero attached hydrogens (tertiary/aromatic N) is 4. The number of hydrogen-bond acceptors (Lipinski definition) is 5. The number of pyridine rings is 1. The molecule has 8 nitrogen and oxygen atoms in total. The highest BCUT2D eigenvalue weighted by Crippen LogP contribution is 2.34. The lowest BCUT2D eigenvalue weighted by atomic mass is 9.99. The third-order valence-corrected chi connectivity index (χ3v) is 4.68. The van der Waals surface area contributed by atoms with E-state index in [0.717, 1.165) is 30.5 Å². The average Bonchev–Trinajstić information content (AvgIpc) is 3.48. The number of amides is 1. The number of carbonyl (C=O) groups is 2. The first-order valence-corrected chi connectivity index (χ1v) is 9.74. The van der Waals surface area contributed by atoms with Gasteiger partial charge in [0.15, 0.2) is 0 Å². The summed E-state index contributed by atoms with van der Waals surface area (Å²) in [5.74, 6) is -1.33. The maximum atomic E-state index is 14.3. The molecule has 31 heavy (non-hydrogen) atoms. The van der Waals surface area contributed by atoms with E-state index in [2.05, 4.69) is 20.3 Å². The van der Waals surface area contributed by atoms with Crippen LogP contribution in [0.4, 0.5) is 10.1 Å². The van der Waals surface area contributed by atoms with Crippen LogP contribution in [0, 0.1) is 5.95 Å². The lowest BCUT2D eigenvalue weighted by Gasteiger charge is -2.14. The molecule has 2 aromatic heterocycles. The van der Waals surface area contributed by atoms with Crippen molar-refractivity contribution in [3.63, 3.8) is 0 Å². The summed E-state index contributed by atoms with van der Waals surface area (Å²) in [4.78, 5) is 26.9. The van der Waals surface area contributed by atoms with E-state index in [-0.39, 0.29) is 12.0 Å². The normalized spacial score (nSPS) is 12.8. The first-order valence-electron chi connectivity index (χ1n) is 9.74. The molecule has 0 aliphatic heterocycles. The summed E-state index contributed by atoms with van der Waals surface area (Å²) in [7, 11) is 3.97.